The second-order valence-corrected chi connectivity index (χ2v) is 5.26. The lowest BCUT2D eigenvalue weighted by molar-refractivity contribution is -0.118. The van der Waals surface area contributed by atoms with Gasteiger partial charge in [0.2, 0.25) is 0 Å². The van der Waals surface area contributed by atoms with Gasteiger partial charge in [-0.15, -0.1) is 0 Å². The summed E-state index contributed by atoms with van der Waals surface area (Å²) in [5.74, 6) is 1.45. The van der Waals surface area contributed by atoms with E-state index < -0.39 is 0 Å². The van der Waals surface area contributed by atoms with Gasteiger partial charge in [0, 0.05) is 0 Å². The monoisotopic (exact) mass is 228 g/mol. The van der Waals surface area contributed by atoms with Crippen LogP contribution in [0, 0.1) is 0 Å². The minimum Gasteiger partial charge on any atom is -0.298 e. The molecule has 76 valence electrons. The Hall–Kier alpha value is -0.420. The van der Waals surface area contributed by atoms with E-state index in [1.165, 1.54) is 24.6 Å². The molecule has 3 nitrogen and oxygen atoms in total. The van der Waals surface area contributed by atoms with Gasteiger partial charge in [-0.05, 0) is 18.6 Å². The van der Waals surface area contributed by atoms with E-state index in [0.29, 0.717) is 12.2 Å². The predicted octanol–water partition coefficient (Wildman–Crippen LogP) is 1.94. The van der Waals surface area contributed by atoms with Crippen molar-refractivity contribution in [3.05, 3.63) is 11.9 Å². The average Bonchev–Trinajstić information content (AvgIpc) is 2.72. The van der Waals surface area contributed by atoms with E-state index in [1.807, 2.05) is 0 Å². The largest absolute Gasteiger partial charge is 0.298 e. The number of rotatable bonds is 3. The van der Waals surface area contributed by atoms with E-state index in [9.17, 15) is 4.79 Å². The van der Waals surface area contributed by atoms with Crippen LogP contribution in [0.1, 0.15) is 25.0 Å². The number of nitrogens with zero attached hydrogens (tertiary/aromatic N) is 2. The van der Waals surface area contributed by atoms with Gasteiger partial charge in [-0.2, -0.15) is 20.5 Å². The van der Waals surface area contributed by atoms with Crippen LogP contribution >= 0.6 is 23.5 Å². The van der Waals surface area contributed by atoms with Crippen LogP contribution in [-0.4, -0.2) is 25.5 Å². The first kappa shape index (κ1) is 10.1. The Morgan fingerprint density at radius 3 is 3.14 bits per heavy atom. The molecule has 1 aliphatic heterocycles. The van der Waals surface area contributed by atoms with Crippen molar-refractivity contribution in [2.45, 2.75) is 30.9 Å². The van der Waals surface area contributed by atoms with Crippen molar-refractivity contribution in [1.82, 2.24) is 8.75 Å². The summed E-state index contributed by atoms with van der Waals surface area (Å²) in [5.41, 5.74) is 0.825. The third-order valence-corrected chi connectivity index (χ3v) is 4.24. The quantitative estimate of drug-likeness (QED) is 0.793. The molecule has 0 saturated carbocycles. The number of thioether (sulfide) groups is 1. The summed E-state index contributed by atoms with van der Waals surface area (Å²) < 4.78 is 7.94. The molecule has 1 unspecified atom stereocenters. The lowest BCUT2D eigenvalue weighted by Crippen LogP contribution is -2.22. The Bertz CT molecular complexity index is 294. The van der Waals surface area contributed by atoms with Crippen LogP contribution in [0.3, 0.4) is 0 Å². The van der Waals surface area contributed by atoms with Crippen LogP contribution in [0.5, 0.6) is 0 Å². The standard InChI is InChI=1S/C9H12N2OS2/c12-8(5-7-6-10-14-11-7)9-3-1-2-4-13-9/h6,9H,1-5H2. The summed E-state index contributed by atoms with van der Waals surface area (Å²) in [6.45, 7) is 0. The molecular formula is C9H12N2OS2. The Balaban J connectivity index is 1.88. The van der Waals surface area contributed by atoms with Crippen LogP contribution in [-0.2, 0) is 11.2 Å². The first-order chi connectivity index (χ1) is 6.86. The van der Waals surface area contributed by atoms with Crippen molar-refractivity contribution in [1.29, 1.82) is 0 Å². The molecule has 1 fully saturated rings. The van der Waals surface area contributed by atoms with Gasteiger partial charge in [-0.1, -0.05) is 6.42 Å². The van der Waals surface area contributed by atoms with Gasteiger partial charge in [-0.3, -0.25) is 4.79 Å². The second-order valence-electron chi connectivity index (χ2n) is 3.40. The molecule has 1 atom stereocenters. The number of carbonyl (C=O) groups excluding carboxylic acids is 1. The highest BCUT2D eigenvalue weighted by Gasteiger charge is 2.22. The number of Topliss-reactive ketones (excluding diaryl/α,β-unsaturated/α-hetero) is 1. The van der Waals surface area contributed by atoms with E-state index in [-0.39, 0.29) is 5.25 Å². The molecule has 1 saturated heterocycles. The van der Waals surface area contributed by atoms with Gasteiger partial charge in [0.15, 0.2) is 5.78 Å². The van der Waals surface area contributed by atoms with Gasteiger partial charge >= 0.3 is 0 Å². The Morgan fingerprint density at radius 1 is 1.57 bits per heavy atom. The predicted molar refractivity (Wildman–Crippen MR) is 58.7 cm³/mol. The van der Waals surface area contributed by atoms with E-state index >= 15 is 0 Å². The van der Waals surface area contributed by atoms with E-state index in [4.69, 9.17) is 0 Å². The number of ketones is 1. The fourth-order valence-electron chi connectivity index (χ4n) is 1.55. The third-order valence-electron chi connectivity index (χ3n) is 2.30. The molecule has 2 heterocycles. The summed E-state index contributed by atoms with van der Waals surface area (Å²) in [6.07, 6.45) is 5.65. The SMILES string of the molecule is O=C(Cc1cnsn1)C1CCCCS1. The molecule has 1 aromatic heterocycles. The molecule has 1 aliphatic rings. The fourth-order valence-corrected chi connectivity index (χ4v) is 3.24. The van der Waals surface area contributed by atoms with Gasteiger partial charge in [0.25, 0.3) is 0 Å². The lowest BCUT2D eigenvalue weighted by Gasteiger charge is -2.19. The normalized spacial score (nSPS) is 22.1. The maximum atomic E-state index is 11.8. The number of carbonyl (C=O) groups is 1. The molecule has 0 aromatic carbocycles. The number of hydrogen-bond donors (Lipinski definition) is 0. The lowest BCUT2D eigenvalue weighted by atomic mass is 10.1. The molecule has 0 bridgehead atoms. The van der Waals surface area contributed by atoms with Crippen LogP contribution in [0.4, 0.5) is 0 Å². The van der Waals surface area contributed by atoms with Crippen LogP contribution in [0.2, 0.25) is 0 Å². The van der Waals surface area contributed by atoms with Gasteiger partial charge in [0.05, 0.1) is 35.3 Å². The van der Waals surface area contributed by atoms with E-state index in [1.54, 1.807) is 18.0 Å². The van der Waals surface area contributed by atoms with Gasteiger partial charge < -0.3 is 0 Å². The van der Waals surface area contributed by atoms with Gasteiger partial charge in [-0.25, -0.2) is 0 Å². The van der Waals surface area contributed by atoms with E-state index in [2.05, 4.69) is 8.75 Å². The molecule has 0 aliphatic carbocycles. The van der Waals surface area contributed by atoms with Crippen molar-refractivity contribution >= 4 is 29.3 Å². The molecule has 0 radical (unpaired) electrons. The minimum atomic E-state index is 0.213. The maximum Gasteiger partial charge on any atom is 0.151 e. The fraction of sp³-hybridized carbons (Fsp3) is 0.667. The summed E-state index contributed by atoms with van der Waals surface area (Å²) in [6, 6.07) is 0. The van der Waals surface area contributed by atoms with Crippen molar-refractivity contribution in [2.75, 3.05) is 5.75 Å². The van der Waals surface area contributed by atoms with E-state index in [0.717, 1.165) is 17.9 Å². The van der Waals surface area contributed by atoms with Crippen molar-refractivity contribution in [2.24, 2.45) is 0 Å². The zero-order chi connectivity index (χ0) is 9.80. The van der Waals surface area contributed by atoms with Gasteiger partial charge in [0.1, 0.15) is 0 Å². The summed E-state index contributed by atoms with van der Waals surface area (Å²) in [5, 5.41) is 0.213. The molecule has 1 aromatic rings. The van der Waals surface area contributed by atoms with Crippen molar-refractivity contribution < 1.29 is 4.79 Å². The van der Waals surface area contributed by atoms with Crippen molar-refractivity contribution in [3.8, 4) is 0 Å². The van der Waals surface area contributed by atoms with Crippen LogP contribution in [0.15, 0.2) is 6.20 Å². The highest BCUT2D eigenvalue weighted by atomic mass is 32.2. The highest BCUT2D eigenvalue weighted by molar-refractivity contribution is 8.00. The first-order valence-electron chi connectivity index (χ1n) is 4.77. The Labute approximate surface area is 91.6 Å². The summed E-state index contributed by atoms with van der Waals surface area (Å²) >= 11 is 2.97. The maximum absolute atomic E-state index is 11.8. The topological polar surface area (TPSA) is 42.9 Å². The summed E-state index contributed by atoms with van der Waals surface area (Å²) in [4.78, 5) is 11.8. The zero-order valence-electron chi connectivity index (χ0n) is 7.81. The first-order valence-corrected chi connectivity index (χ1v) is 6.55. The highest BCUT2D eigenvalue weighted by Crippen LogP contribution is 2.26. The molecule has 14 heavy (non-hydrogen) atoms. The van der Waals surface area contributed by atoms with Crippen molar-refractivity contribution in [3.63, 3.8) is 0 Å². The average molecular weight is 228 g/mol. The molecule has 0 N–H and O–H groups in total. The molecule has 0 amide bonds. The smallest absolute Gasteiger partial charge is 0.151 e. The van der Waals surface area contributed by atoms with Crippen LogP contribution in [0.25, 0.3) is 0 Å². The Morgan fingerprint density at radius 2 is 2.50 bits per heavy atom. The molecule has 5 heteroatoms. The molecule has 2 rings (SSSR count). The minimum absolute atomic E-state index is 0.213. The van der Waals surface area contributed by atoms with Crippen LogP contribution < -0.4 is 0 Å². The number of aromatic nitrogens is 2. The third kappa shape index (κ3) is 2.54. The molecule has 0 spiro atoms. The Kier molecular flexibility index (Phi) is 3.53. The summed E-state index contributed by atoms with van der Waals surface area (Å²) in [7, 11) is 0. The number of hydrogen-bond acceptors (Lipinski definition) is 5. The second kappa shape index (κ2) is 4.89. The molecular weight excluding hydrogens is 216 g/mol. The zero-order valence-corrected chi connectivity index (χ0v) is 9.44.